The Kier molecular flexibility index (Phi) is 3.22. The number of rotatable bonds is 4. The molecule has 0 unspecified atom stereocenters. The Bertz CT molecular complexity index is 707. The van der Waals surface area contributed by atoms with E-state index in [1.54, 1.807) is 29.7 Å². The van der Waals surface area contributed by atoms with Crippen LogP contribution in [-0.4, -0.2) is 25.4 Å². The fraction of sp³-hybridized carbons (Fsp3) is 0.0833. The summed E-state index contributed by atoms with van der Waals surface area (Å²) in [5, 5.41) is 11.6. The minimum absolute atomic E-state index is 0.230. The molecule has 7 heteroatoms. The standard InChI is InChI=1S/C12H9N3O2S2/c16-11(17)9-2-1-3-13-10(9)19-7-8-6-15-4-5-18-12(15)14-8/h1-6H,7H2,(H,16,17). The third-order valence-corrected chi connectivity index (χ3v) is 4.31. The summed E-state index contributed by atoms with van der Waals surface area (Å²) in [4.78, 5) is 20.6. The van der Waals surface area contributed by atoms with Gasteiger partial charge in [0.1, 0.15) is 5.03 Å². The second-order valence-corrected chi connectivity index (χ2v) is 5.61. The van der Waals surface area contributed by atoms with Crippen molar-refractivity contribution >= 4 is 34.0 Å². The van der Waals surface area contributed by atoms with Crippen molar-refractivity contribution in [3.63, 3.8) is 0 Å². The third-order valence-electron chi connectivity index (χ3n) is 2.50. The van der Waals surface area contributed by atoms with Gasteiger partial charge in [0.15, 0.2) is 4.96 Å². The van der Waals surface area contributed by atoms with E-state index in [1.807, 2.05) is 22.2 Å². The van der Waals surface area contributed by atoms with E-state index in [1.165, 1.54) is 11.8 Å². The molecular formula is C12H9N3O2S2. The number of aromatic nitrogens is 3. The van der Waals surface area contributed by atoms with Gasteiger partial charge in [0.25, 0.3) is 0 Å². The van der Waals surface area contributed by atoms with Crippen molar-refractivity contribution in [1.29, 1.82) is 0 Å². The molecule has 0 saturated carbocycles. The molecule has 3 aromatic rings. The SMILES string of the molecule is O=C(O)c1cccnc1SCc1cn2ccsc2n1. The van der Waals surface area contributed by atoms with Crippen molar-refractivity contribution in [3.05, 3.63) is 47.4 Å². The van der Waals surface area contributed by atoms with Gasteiger partial charge in [0.05, 0.1) is 11.3 Å². The van der Waals surface area contributed by atoms with Crippen LogP contribution in [0.5, 0.6) is 0 Å². The molecule has 0 radical (unpaired) electrons. The highest BCUT2D eigenvalue weighted by atomic mass is 32.2. The first-order chi connectivity index (χ1) is 9.24. The molecule has 1 N–H and O–H groups in total. The van der Waals surface area contributed by atoms with Gasteiger partial charge in [-0.2, -0.15) is 0 Å². The summed E-state index contributed by atoms with van der Waals surface area (Å²) in [6.07, 6.45) is 5.49. The number of fused-ring (bicyclic) bond motifs is 1. The Labute approximate surface area is 116 Å². The van der Waals surface area contributed by atoms with Crippen LogP contribution in [0.4, 0.5) is 0 Å². The minimum atomic E-state index is -0.957. The molecule has 0 aliphatic heterocycles. The maximum atomic E-state index is 11.1. The number of hydrogen-bond donors (Lipinski definition) is 1. The number of hydrogen-bond acceptors (Lipinski definition) is 5. The van der Waals surface area contributed by atoms with Crippen LogP contribution in [0.25, 0.3) is 4.96 Å². The number of thiazole rings is 1. The molecule has 0 amide bonds. The number of aromatic carboxylic acids is 1. The molecule has 19 heavy (non-hydrogen) atoms. The maximum absolute atomic E-state index is 11.1. The highest BCUT2D eigenvalue weighted by Crippen LogP contribution is 2.24. The smallest absolute Gasteiger partial charge is 0.338 e. The second kappa shape index (κ2) is 5.02. The van der Waals surface area contributed by atoms with E-state index < -0.39 is 5.97 Å². The van der Waals surface area contributed by atoms with Crippen molar-refractivity contribution in [3.8, 4) is 0 Å². The van der Waals surface area contributed by atoms with Gasteiger partial charge >= 0.3 is 5.97 Å². The van der Waals surface area contributed by atoms with Crippen LogP contribution in [0.2, 0.25) is 0 Å². The number of carbonyl (C=O) groups is 1. The van der Waals surface area contributed by atoms with Crippen LogP contribution in [0, 0.1) is 0 Å². The molecule has 0 aliphatic carbocycles. The molecule has 5 nitrogen and oxygen atoms in total. The van der Waals surface area contributed by atoms with Gasteiger partial charge in [-0.1, -0.05) is 11.8 Å². The molecule has 96 valence electrons. The van der Waals surface area contributed by atoms with Gasteiger partial charge in [0.2, 0.25) is 0 Å². The predicted octanol–water partition coefficient (Wildman–Crippen LogP) is 2.78. The summed E-state index contributed by atoms with van der Waals surface area (Å²) in [6, 6.07) is 3.18. The summed E-state index contributed by atoms with van der Waals surface area (Å²) < 4.78 is 1.96. The lowest BCUT2D eigenvalue weighted by Gasteiger charge is -2.02. The average Bonchev–Trinajstić information content (AvgIpc) is 2.97. The van der Waals surface area contributed by atoms with E-state index in [2.05, 4.69) is 9.97 Å². The zero-order valence-corrected chi connectivity index (χ0v) is 11.3. The Hall–Kier alpha value is -1.86. The quantitative estimate of drug-likeness (QED) is 0.749. The molecule has 3 aromatic heterocycles. The second-order valence-electron chi connectivity index (χ2n) is 3.78. The summed E-state index contributed by atoms with van der Waals surface area (Å²) in [6.45, 7) is 0. The van der Waals surface area contributed by atoms with E-state index >= 15 is 0 Å². The molecule has 0 aromatic carbocycles. The number of nitrogens with zero attached hydrogens (tertiary/aromatic N) is 3. The number of imidazole rings is 1. The largest absolute Gasteiger partial charge is 0.478 e. The Morgan fingerprint density at radius 3 is 3.21 bits per heavy atom. The van der Waals surface area contributed by atoms with Gasteiger partial charge in [0, 0.05) is 29.7 Å². The first-order valence-electron chi connectivity index (χ1n) is 5.46. The fourth-order valence-corrected chi connectivity index (χ4v) is 3.25. The molecule has 3 rings (SSSR count). The molecule has 3 heterocycles. The molecule has 0 aliphatic rings. The molecule has 0 atom stereocenters. The van der Waals surface area contributed by atoms with Crippen LogP contribution in [0.1, 0.15) is 16.1 Å². The lowest BCUT2D eigenvalue weighted by molar-refractivity contribution is 0.0692. The number of pyridine rings is 1. The zero-order chi connectivity index (χ0) is 13.2. The highest BCUT2D eigenvalue weighted by Gasteiger charge is 2.12. The number of carboxylic acid groups (broad SMARTS) is 1. The third kappa shape index (κ3) is 2.47. The van der Waals surface area contributed by atoms with Crippen molar-refractivity contribution in [2.24, 2.45) is 0 Å². The molecular weight excluding hydrogens is 282 g/mol. The first kappa shape index (κ1) is 12.2. The van der Waals surface area contributed by atoms with Crippen LogP contribution >= 0.6 is 23.1 Å². The maximum Gasteiger partial charge on any atom is 0.338 e. The minimum Gasteiger partial charge on any atom is -0.478 e. The molecule has 0 spiro atoms. The van der Waals surface area contributed by atoms with E-state index in [-0.39, 0.29) is 5.56 Å². The van der Waals surface area contributed by atoms with Gasteiger partial charge in [-0.3, -0.25) is 4.40 Å². The van der Waals surface area contributed by atoms with Gasteiger partial charge in [-0.15, -0.1) is 11.3 Å². The monoisotopic (exact) mass is 291 g/mol. The topological polar surface area (TPSA) is 67.5 Å². The van der Waals surface area contributed by atoms with E-state index in [9.17, 15) is 4.79 Å². The molecule has 0 saturated heterocycles. The average molecular weight is 291 g/mol. The first-order valence-corrected chi connectivity index (χ1v) is 7.33. The summed E-state index contributed by atoms with van der Waals surface area (Å²) in [5.74, 6) is -0.354. The number of carboxylic acids is 1. The normalized spacial score (nSPS) is 10.9. The van der Waals surface area contributed by atoms with Crippen LogP contribution in [-0.2, 0) is 5.75 Å². The van der Waals surface area contributed by atoms with Crippen molar-refractivity contribution in [1.82, 2.24) is 14.4 Å². The van der Waals surface area contributed by atoms with E-state index in [4.69, 9.17) is 5.11 Å². The van der Waals surface area contributed by atoms with Crippen molar-refractivity contribution < 1.29 is 9.90 Å². The molecule has 0 bridgehead atoms. The molecule has 0 fully saturated rings. The summed E-state index contributed by atoms with van der Waals surface area (Å²) in [5.41, 5.74) is 1.15. The predicted molar refractivity (Wildman–Crippen MR) is 73.8 cm³/mol. The van der Waals surface area contributed by atoms with Crippen LogP contribution in [0.15, 0.2) is 41.1 Å². The Morgan fingerprint density at radius 2 is 2.42 bits per heavy atom. The van der Waals surface area contributed by atoms with Gasteiger partial charge in [-0.05, 0) is 12.1 Å². The van der Waals surface area contributed by atoms with E-state index in [0.29, 0.717) is 10.8 Å². The fourth-order valence-electron chi connectivity index (χ4n) is 1.66. The number of thioether (sulfide) groups is 1. The van der Waals surface area contributed by atoms with Crippen molar-refractivity contribution in [2.75, 3.05) is 0 Å². The summed E-state index contributed by atoms with van der Waals surface area (Å²) >= 11 is 2.95. The van der Waals surface area contributed by atoms with Gasteiger partial charge < -0.3 is 5.11 Å². The van der Waals surface area contributed by atoms with E-state index in [0.717, 1.165) is 10.7 Å². The summed E-state index contributed by atoms with van der Waals surface area (Å²) in [7, 11) is 0. The Balaban J connectivity index is 1.79. The highest BCUT2D eigenvalue weighted by molar-refractivity contribution is 7.98. The van der Waals surface area contributed by atoms with Gasteiger partial charge in [-0.25, -0.2) is 14.8 Å². The van der Waals surface area contributed by atoms with Crippen LogP contribution < -0.4 is 0 Å². The Morgan fingerprint density at radius 1 is 1.53 bits per heavy atom. The van der Waals surface area contributed by atoms with Crippen molar-refractivity contribution in [2.45, 2.75) is 10.8 Å². The van der Waals surface area contributed by atoms with Crippen LogP contribution in [0.3, 0.4) is 0 Å². The lowest BCUT2D eigenvalue weighted by Crippen LogP contribution is -2.00. The zero-order valence-electron chi connectivity index (χ0n) is 9.68. The lowest BCUT2D eigenvalue weighted by atomic mass is 10.3.